The summed E-state index contributed by atoms with van der Waals surface area (Å²) in [5.41, 5.74) is 0.984. The van der Waals surface area contributed by atoms with Crippen LogP contribution in [0.1, 0.15) is 39.5 Å². The molecule has 1 N–H and O–H groups in total. The Bertz CT molecular complexity index is 672. The topological polar surface area (TPSA) is 59.8 Å². The summed E-state index contributed by atoms with van der Waals surface area (Å²) in [6, 6.07) is 7.61. The van der Waals surface area contributed by atoms with E-state index in [0.717, 1.165) is 29.5 Å². The number of amides is 1. The lowest BCUT2D eigenvalue weighted by molar-refractivity contribution is -0.118. The van der Waals surface area contributed by atoms with E-state index in [9.17, 15) is 4.79 Å². The van der Waals surface area contributed by atoms with Gasteiger partial charge in [0.2, 0.25) is 5.91 Å². The van der Waals surface area contributed by atoms with E-state index in [4.69, 9.17) is 11.6 Å². The largest absolute Gasteiger partial charge is 0.356 e. The molecule has 2 rings (SSSR count). The van der Waals surface area contributed by atoms with Gasteiger partial charge in [0.25, 0.3) is 0 Å². The number of carbonyl (C=O) groups is 1. The molecule has 0 atom stereocenters. The van der Waals surface area contributed by atoms with Gasteiger partial charge >= 0.3 is 0 Å². The molecule has 7 heteroatoms. The highest BCUT2D eigenvalue weighted by atomic mass is 35.5. The third-order valence-electron chi connectivity index (χ3n) is 3.76. The van der Waals surface area contributed by atoms with Crippen molar-refractivity contribution in [2.45, 2.75) is 51.2 Å². The summed E-state index contributed by atoms with van der Waals surface area (Å²) in [6.07, 6.45) is 4.67. The molecule has 0 aliphatic carbocycles. The van der Waals surface area contributed by atoms with Gasteiger partial charge in [-0.25, -0.2) is 0 Å². The molecule has 25 heavy (non-hydrogen) atoms. The number of nitrogens with zero attached hydrogens (tertiary/aromatic N) is 3. The molecule has 0 aliphatic heterocycles. The van der Waals surface area contributed by atoms with Gasteiger partial charge in [-0.15, -0.1) is 10.2 Å². The highest BCUT2D eigenvalue weighted by molar-refractivity contribution is 7.99. The minimum Gasteiger partial charge on any atom is -0.356 e. The van der Waals surface area contributed by atoms with Gasteiger partial charge in [0.1, 0.15) is 0 Å². The number of aromatic nitrogens is 3. The monoisotopic (exact) mass is 380 g/mol. The predicted molar refractivity (Wildman–Crippen MR) is 104 cm³/mol. The van der Waals surface area contributed by atoms with E-state index >= 15 is 0 Å². The molecule has 2 aromatic rings. The molecule has 0 unspecified atom stereocenters. The minimum absolute atomic E-state index is 0.0149. The quantitative estimate of drug-likeness (QED) is 0.490. The summed E-state index contributed by atoms with van der Waals surface area (Å²) in [6.45, 7) is 5.60. The molecule has 0 aliphatic rings. The first-order valence-electron chi connectivity index (χ1n) is 8.74. The Kier molecular flexibility index (Phi) is 8.28. The van der Waals surface area contributed by atoms with Crippen LogP contribution in [0.5, 0.6) is 0 Å². The molecule has 5 nitrogen and oxygen atoms in total. The van der Waals surface area contributed by atoms with Crippen LogP contribution in [0.4, 0.5) is 0 Å². The number of benzene rings is 1. The SMILES string of the molecule is CCCCCCn1c(SCC(=O)NCC)nnc1-c1ccc(Cl)cc1. The standard InChI is InChI=1S/C18H25ClN4OS/c1-3-5-6-7-12-23-17(14-8-10-15(19)11-9-14)21-22-18(23)25-13-16(24)20-4-2/h8-11H,3-7,12-13H2,1-2H3,(H,20,24). The average molecular weight is 381 g/mol. The first kappa shape index (κ1) is 19.8. The maximum Gasteiger partial charge on any atom is 0.230 e. The van der Waals surface area contributed by atoms with Crippen molar-refractivity contribution < 1.29 is 4.79 Å². The summed E-state index contributed by atoms with van der Waals surface area (Å²) >= 11 is 7.41. The summed E-state index contributed by atoms with van der Waals surface area (Å²) in [7, 11) is 0. The second kappa shape index (κ2) is 10.5. The number of unbranched alkanes of at least 4 members (excludes halogenated alkanes) is 3. The lowest BCUT2D eigenvalue weighted by atomic mass is 10.2. The Morgan fingerprint density at radius 1 is 1.16 bits per heavy atom. The van der Waals surface area contributed by atoms with E-state index in [1.54, 1.807) is 0 Å². The average Bonchev–Trinajstić information content (AvgIpc) is 3.01. The van der Waals surface area contributed by atoms with Gasteiger partial charge in [-0.05, 0) is 37.6 Å². The molecule has 1 aromatic heterocycles. The van der Waals surface area contributed by atoms with Crippen LogP contribution in [0.25, 0.3) is 11.4 Å². The summed E-state index contributed by atoms with van der Waals surface area (Å²) in [4.78, 5) is 11.7. The van der Waals surface area contributed by atoms with Gasteiger partial charge < -0.3 is 9.88 Å². The van der Waals surface area contributed by atoms with E-state index in [-0.39, 0.29) is 5.91 Å². The van der Waals surface area contributed by atoms with Gasteiger partial charge in [-0.1, -0.05) is 49.5 Å². The first-order chi connectivity index (χ1) is 12.2. The zero-order valence-corrected chi connectivity index (χ0v) is 16.4. The number of hydrogen-bond acceptors (Lipinski definition) is 4. The molecule has 0 saturated carbocycles. The Labute approximate surface area is 158 Å². The highest BCUT2D eigenvalue weighted by Crippen LogP contribution is 2.25. The van der Waals surface area contributed by atoms with Crippen molar-refractivity contribution in [3.05, 3.63) is 29.3 Å². The molecule has 0 bridgehead atoms. The highest BCUT2D eigenvalue weighted by Gasteiger charge is 2.15. The van der Waals surface area contributed by atoms with E-state index in [1.165, 1.54) is 31.0 Å². The van der Waals surface area contributed by atoms with Crippen molar-refractivity contribution in [3.8, 4) is 11.4 Å². The molecule has 1 aromatic carbocycles. The Hall–Kier alpha value is -1.53. The van der Waals surface area contributed by atoms with Crippen molar-refractivity contribution in [1.82, 2.24) is 20.1 Å². The van der Waals surface area contributed by atoms with Crippen LogP contribution in [0.2, 0.25) is 5.02 Å². The van der Waals surface area contributed by atoms with Crippen LogP contribution >= 0.6 is 23.4 Å². The van der Waals surface area contributed by atoms with Crippen LogP contribution in [-0.2, 0) is 11.3 Å². The van der Waals surface area contributed by atoms with Crippen LogP contribution in [-0.4, -0.2) is 33.0 Å². The number of carbonyl (C=O) groups excluding carboxylic acids is 1. The molecule has 1 heterocycles. The number of thioether (sulfide) groups is 1. The summed E-state index contributed by atoms with van der Waals surface area (Å²) in [5, 5.41) is 13.0. The smallest absolute Gasteiger partial charge is 0.230 e. The molecule has 0 saturated heterocycles. The number of halogens is 1. The van der Waals surface area contributed by atoms with Crippen LogP contribution in [0.15, 0.2) is 29.4 Å². The lowest BCUT2D eigenvalue weighted by Crippen LogP contribution is -2.24. The van der Waals surface area contributed by atoms with Gasteiger partial charge in [-0.3, -0.25) is 4.79 Å². The Morgan fingerprint density at radius 2 is 1.92 bits per heavy atom. The summed E-state index contributed by atoms with van der Waals surface area (Å²) in [5.74, 6) is 1.19. The maximum atomic E-state index is 11.7. The van der Waals surface area contributed by atoms with E-state index < -0.39 is 0 Å². The van der Waals surface area contributed by atoms with Crippen molar-refractivity contribution in [2.24, 2.45) is 0 Å². The fraction of sp³-hybridized carbons (Fsp3) is 0.500. The van der Waals surface area contributed by atoms with Crippen LogP contribution in [0.3, 0.4) is 0 Å². The second-order valence-corrected chi connectivity index (χ2v) is 7.15. The van der Waals surface area contributed by atoms with Crippen molar-refractivity contribution >= 4 is 29.3 Å². The number of hydrogen-bond donors (Lipinski definition) is 1. The Morgan fingerprint density at radius 3 is 2.60 bits per heavy atom. The zero-order valence-electron chi connectivity index (χ0n) is 14.8. The van der Waals surface area contributed by atoms with Crippen molar-refractivity contribution in [1.29, 1.82) is 0 Å². The van der Waals surface area contributed by atoms with Gasteiger partial charge in [0, 0.05) is 23.7 Å². The van der Waals surface area contributed by atoms with Gasteiger partial charge in [-0.2, -0.15) is 0 Å². The number of rotatable bonds is 10. The molecular formula is C18H25ClN4OS. The first-order valence-corrected chi connectivity index (χ1v) is 10.1. The molecule has 1 amide bonds. The van der Waals surface area contributed by atoms with Gasteiger partial charge in [0.05, 0.1) is 5.75 Å². The summed E-state index contributed by atoms with van der Waals surface area (Å²) < 4.78 is 2.11. The fourth-order valence-corrected chi connectivity index (χ4v) is 3.40. The van der Waals surface area contributed by atoms with E-state index in [2.05, 4.69) is 27.0 Å². The molecule has 0 spiro atoms. The number of nitrogens with one attached hydrogen (secondary N) is 1. The lowest BCUT2D eigenvalue weighted by Gasteiger charge is -2.10. The predicted octanol–water partition coefficient (Wildman–Crippen LogP) is 4.41. The van der Waals surface area contributed by atoms with E-state index in [0.29, 0.717) is 17.3 Å². The third kappa shape index (κ3) is 6.04. The van der Waals surface area contributed by atoms with Crippen molar-refractivity contribution in [2.75, 3.05) is 12.3 Å². The fourth-order valence-electron chi connectivity index (χ4n) is 2.48. The molecule has 136 valence electrons. The molecule has 0 fully saturated rings. The zero-order chi connectivity index (χ0) is 18.1. The Balaban J connectivity index is 2.16. The maximum absolute atomic E-state index is 11.7. The van der Waals surface area contributed by atoms with E-state index in [1.807, 2.05) is 31.2 Å². The second-order valence-electron chi connectivity index (χ2n) is 5.77. The minimum atomic E-state index is 0.0149. The van der Waals surface area contributed by atoms with Gasteiger partial charge in [0.15, 0.2) is 11.0 Å². The molecular weight excluding hydrogens is 356 g/mol. The van der Waals surface area contributed by atoms with Crippen LogP contribution < -0.4 is 5.32 Å². The van der Waals surface area contributed by atoms with Crippen LogP contribution in [0, 0.1) is 0 Å². The molecule has 0 radical (unpaired) electrons. The third-order valence-corrected chi connectivity index (χ3v) is 4.98. The normalized spacial score (nSPS) is 10.8. The van der Waals surface area contributed by atoms with Crippen molar-refractivity contribution in [3.63, 3.8) is 0 Å².